The number of rotatable bonds is 3. The quantitative estimate of drug-likeness (QED) is 0.570. The Morgan fingerprint density at radius 2 is 1.81 bits per heavy atom. The minimum Gasteiger partial charge on any atom is -0.271 e. The monoisotopic (exact) mass is 277 g/mol. The Labute approximate surface area is 124 Å². The zero-order valence-electron chi connectivity index (χ0n) is 12.3. The highest BCUT2D eigenvalue weighted by Gasteiger charge is 2.17. The summed E-state index contributed by atoms with van der Waals surface area (Å²) in [6.45, 7) is 4.23. The Kier molecular flexibility index (Phi) is 3.69. The molecule has 21 heavy (non-hydrogen) atoms. The summed E-state index contributed by atoms with van der Waals surface area (Å²) < 4.78 is 0. The van der Waals surface area contributed by atoms with Gasteiger partial charge in [0.1, 0.15) is 0 Å². The maximum absolute atomic E-state index is 5.83. The largest absolute Gasteiger partial charge is 0.271 e. The van der Waals surface area contributed by atoms with E-state index in [0.717, 1.165) is 16.6 Å². The number of hydrogen-bond acceptors (Lipinski definition) is 3. The van der Waals surface area contributed by atoms with E-state index in [1.807, 2.05) is 24.4 Å². The molecular weight excluding hydrogens is 258 g/mol. The zero-order valence-corrected chi connectivity index (χ0v) is 12.3. The Balaban J connectivity index is 2.16. The van der Waals surface area contributed by atoms with Gasteiger partial charge in [-0.05, 0) is 42.0 Å². The number of hydrogen-bond donors (Lipinski definition) is 2. The van der Waals surface area contributed by atoms with Crippen LogP contribution in [0, 0.1) is 13.8 Å². The molecule has 0 spiro atoms. The van der Waals surface area contributed by atoms with E-state index in [-0.39, 0.29) is 6.04 Å². The normalized spacial score (nSPS) is 12.5. The molecule has 106 valence electrons. The van der Waals surface area contributed by atoms with Crippen molar-refractivity contribution in [3.8, 4) is 0 Å². The van der Waals surface area contributed by atoms with Gasteiger partial charge < -0.3 is 0 Å². The minimum atomic E-state index is -0.115. The number of benzene rings is 2. The van der Waals surface area contributed by atoms with Gasteiger partial charge in [-0.1, -0.05) is 42.5 Å². The van der Waals surface area contributed by atoms with Crippen LogP contribution in [-0.4, -0.2) is 4.98 Å². The van der Waals surface area contributed by atoms with Crippen molar-refractivity contribution in [1.29, 1.82) is 0 Å². The molecule has 3 rings (SSSR count). The van der Waals surface area contributed by atoms with Crippen LogP contribution in [-0.2, 0) is 0 Å². The van der Waals surface area contributed by atoms with Crippen LogP contribution in [0.25, 0.3) is 10.8 Å². The molecule has 0 aliphatic rings. The van der Waals surface area contributed by atoms with Gasteiger partial charge >= 0.3 is 0 Å². The average Bonchev–Trinajstić information content (AvgIpc) is 2.52. The number of fused-ring (bicyclic) bond motifs is 1. The summed E-state index contributed by atoms with van der Waals surface area (Å²) in [4.78, 5) is 4.56. The van der Waals surface area contributed by atoms with E-state index in [4.69, 9.17) is 5.84 Å². The smallest absolute Gasteiger partial charge is 0.0887 e. The Bertz CT molecular complexity index is 775. The number of pyridine rings is 1. The maximum atomic E-state index is 5.83. The molecule has 0 aliphatic carbocycles. The summed E-state index contributed by atoms with van der Waals surface area (Å²) in [6.07, 6.45) is 1.84. The van der Waals surface area contributed by atoms with Gasteiger partial charge in [-0.15, -0.1) is 0 Å². The molecule has 1 atom stereocenters. The predicted octanol–water partition coefficient (Wildman–Crippen LogP) is 3.40. The summed E-state index contributed by atoms with van der Waals surface area (Å²) in [7, 11) is 0. The lowest BCUT2D eigenvalue weighted by atomic mass is 9.96. The van der Waals surface area contributed by atoms with Crippen molar-refractivity contribution < 1.29 is 0 Å². The van der Waals surface area contributed by atoms with E-state index in [2.05, 4.69) is 54.6 Å². The van der Waals surface area contributed by atoms with Crippen LogP contribution in [0.15, 0.2) is 54.7 Å². The molecule has 0 bridgehead atoms. The number of nitrogens with two attached hydrogens (primary N) is 1. The molecule has 3 aromatic rings. The van der Waals surface area contributed by atoms with E-state index >= 15 is 0 Å². The topological polar surface area (TPSA) is 50.9 Å². The molecule has 0 radical (unpaired) electrons. The van der Waals surface area contributed by atoms with Crippen molar-refractivity contribution in [2.75, 3.05) is 0 Å². The molecule has 0 saturated heterocycles. The zero-order chi connectivity index (χ0) is 14.8. The standard InChI is InChI=1S/C18H19N3/c1-12-7-8-15(11-13(12)2)17(21-19)18-16-6-4-3-5-14(16)9-10-20-18/h3-11,17,21H,19H2,1-2H3. The number of hydrazine groups is 1. The summed E-state index contributed by atoms with van der Waals surface area (Å²) in [5.41, 5.74) is 7.53. The van der Waals surface area contributed by atoms with Crippen LogP contribution >= 0.6 is 0 Å². The van der Waals surface area contributed by atoms with E-state index in [1.165, 1.54) is 16.5 Å². The van der Waals surface area contributed by atoms with Gasteiger partial charge in [-0.3, -0.25) is 10.8 Å². The van der Waals surface area contributed by atoms with Crippen molar-refractivity contribution in [2.45, 2.75) is 19.9 Å². The van der Waals surface area contributed by atoms with Gasteiger partial charge in [-0.2, -0.15) is 0 Å². The SMILES string of the molecule is Cc1ccc(C(NN)c2nccc3ccccc23)cc1C. The van der Waals surface area contributed by atoms with Crippen LogP contribution in [0.5, 0.6) is 0 Å². The number of aryl methyl sites for hydroxylation is 2. The molecule has 1 unspecified atom stereocenters. The van der Waals surface area contributed by atoms with Crippen molar-refractivity contribution in [3.05, 3.63) is 77.1 Å². The summed E-state index contributed by atoms with van der Waals surface area (Å²) >= 11 is 0. The number of nitrogens with one attached hydrogen (secondary N) is 1. The van der Waals surface area contributed by atoms with E-state index < -0.39 is 0 Å². The fraction of sp³-hybridized carbons (Fsp3) is 0.167. The second-order valence-corrected chi connectivity index (χ2v) is 5.36. The third kappa shape index (κ3) is 2.53. The minimum absolute atomic E-state index is 0.115. The summed E-state index contributed by atoms with van der Waals surface area (Å²) in [5, 5.41) is 2.30. The third-order valence-electron chi connectivity index (χ3n) is 4.01. The fourth-order valence-corrected chi connectivity index (χ4v) is 2.65. The summed E-state index contributed by atoms with van der Waals surface area (Å²) in [5.74, 6) is 5.83. The first-order valence-corrected chi connectivity index (χ1v) is 7.07. The highest BCUT2D eigenvalue weighted by atomic mass is 15.2. The van der Waals surface area contributed by atoms with Gasteiger partial charge in [-0.25, -0.2) is 5.43 Å². The average molecular weight is 277 g/mol. The highest BCUT2D eigenvalue weighted by Crippen LogP contribution is 2.27. The summed E-state index contributed by atoms with van der Waals surface area (Å²) in [6, 6.07) is 16.5. The van der Waals surface area contributed by atoms with Crippen molar-refractivity contribution in [1.82, 2.24) is 10.4 Å². The van der Waals surface area contributed by atoms with E-state index in [0.29, 0.717) is 0 Å². The molecule has 0 fully saturated rings. The highest BCUT2D eigenvalue weighted by molar-refractivity contribution is 5.85. The van der Waals surface area contributed by atoms with Crippen LogP contribution < -0.4 is 11.3 Å². The van der Waals surface area contributed by atoms with Gasteiger partial charge in [0.05, 0.1) is 11.7 Å². The lowest BCUT2D eigenvalue weighted by molar-refractivity contribution is 0.625. The molecular formula is C18H19N3. The predicted molar refractivity (Wildman–Crippen MR) is 86.8 cm³/mol. The molecule has 3 nitrogen and oxygen atoms in total. The van der Waals surface area contributed by atoms with Crippen LogP contribution in [0.4, 0.5) is 0 Å². The second-order valence-electron chi connectivity index (χ2n) is 5.36. The van der Waals surface area contributed by atoms with Gasteiger partial charge in [0.25, 0.3) is 0 Å². The lowest BCUT2D eigenvalue weighted by Crippen LogP contribution is -2.29. The molecule has 0 aliphatic heterocycles. The number of aromatic nitrogens is 1. The molecule has 0 saturated carbocycles. The van der Waals surface area contributed by atoms with E-state index in [9.17, 15) is 0 Å². The van der Waals surface area contributed by atoms with Crippen LogP contribution in [0.2, 0.25) is 0 Å². The molecule has 3 N–H and O–H groups in total. The Hall–Kier alpha value is -2.23. The lowest BCUT2D eigenvalue weighted by Gasteiger charge is -2.19. The Morgan fingerprint density at radius 3 is 2.57 bits per heavy atom. The maximum Gasteiger partial charge on any atom is 0.0887 e. The van der Waals surface area contributed by atoms with Crippen LogP contribution in [0.1, 0.15) is 28.4 Å². The first kappa shape index (κ1) is 13.7. The first-order chi connectivity index (χ1) is 10.2. The van der Waals surface area contributed by atoms with Crippen molar-refractivity contribution >= 4 is 10.8 Å². The Morgan fingerprint density at radius 1 is 1.00 bits per heavy atom. The fourth-order valence-electron chi connectivity index (χ4n) is 2.65. The van der Waals surface area contributed by atoms with Crippen molar-refractivity contribution in [2.24, 2.45) is 5.84 Å². The molecule has 2 aromatic carbocycles. The van der Waals surface area contributed by atoms with Gasteiger partial charge in [0.15, 0.2) is 0 Å². The molecule has 0 amide bonds. The van der Waals surface area contributed by atoms with Crippen molar-refractivity contribution in [3.63, 3.8) is 0 Å². The molecule has 3 heteroatoms. The number of nitrogens with zero attached hydrogens (tertiary/aromatic N) is 1. The molecule has 1 heterocycles. The second kappa shape index (κ2) is 5.64. The van der Waals surface area contributed by atoms with E-state index in [1.54, 1.807) is 0 Å². The van der Waals surface area contributed by atoms with Crippen LogP contribution in [0.3, 0.4) is 0 Å². The van der Waals surface area contributed by atoms with Gasteiger partial charge in [0.2, 0.25) is 0 Å². The molecule has 1 aromatic heterocycles. The third-order valence-corrected chi connectivity index (χ3v) is 4.01. The van der Waals surface area contributed by atoms with Gasteiger partial charge in [0, 0.05) is 11.6 Å². The first-order valence-electron chi connectivity index (χ1n) is 7.07.